The topological polar surface area (TPSA) is 46.2 Å². The normalized spacial score (nSPS) is 28.5. The number of fused-ring (bicyclic) bond motifs is 2. The van der Waals surface area contributed by atoms with Crippen LogP contribution in [0.2, 0.25) is 0 Å². The molecule has 4 unspecified atom stereocenters. The van der Waals surface area contributed by atoms with Gasteiger partial charge in [-0.05, 0) is 89.8 Å². The third-order valence-corrected chi connectivity index (χ3v) is 7.37. The molecule has 26 heavy (non-hydrogen) atoms. The lowest BCUT2D eigenvalue weighted by atomic mass is 9.85. The summed E-state index contributed by atoms with van der Waals surface area (Å²) in [4.78, 5) is 0. The number of nitrogens with one attached hydrogen (secondary N) is 1. The Kier molecular flexibility index (Phi) is 6.97. The van der Waals surface area contributed by atoms with Gasteiger partial charge < -0.3 is 0 Å². The van der Waals surface area contributed by atoms with E-state index in [0.717, 1.165) is 28.4 Å². The highest BCUT2D eigenvalue weighted by molar-refractivity contribution is 14.1. The Bertz CT molecular complexity index is 772. The molecular formula is C21H28INO2S. The molecule has 142 valence electrons. The summed E-state index contributed by atoms with van der Waals surface area (Å²) in [5.74, 6) is 1.67. The number of benzene rings is 1. The Morgan fingerprint density at radius 3 is 2.85 bits per heavy atom. The van der Waals surface area contributed by atoms with E-state index in [1.165, 1.54) is 24.7 Å². The maximum Gasteiger partial charge on any atom is 0.233 e. The molecule has 5 heteroatoms. The first-order chi connectivity index (χ1) is 12.5. The molecule has 1 aromatic carbocycles. The Morgan fingerprint density at radius 2 is 2.12 bits per heavy atom. The quantitative estimate of drug-likeness (QED) is 0.307. The van der Waals surface area contributed by atoms with Gasteiger partial charge in [-0.1, -0.05) is 44.1 Å². The van der Waals surface area contributed by atoms with Crippen molar-refractivity contribution in [3.8, 4) is 0 Å². The van der Waals surface area contributed by atoms with Crippen LogP contribution in [0.1, 0.15) is 51.0 Å². The molecule has 2 saturated carbocycles. The van der Waals surface area contributed by atoms with Gasteiger partial charge >= 0.3 is 0 Å². The van der Waals surface area contributed by atoms with Gasteiger partial charge in [0.1, 0.15) is 0 Å². The SMILES string of the molecule is CCCCC=CC1CC2CC(NS(=O)(=O)C=Cc3cccc(I)c3)C1C2. The van der Waals surface area contributed by atoms with E-state index < -0.39 is 10.0 Å². The fourth-order valence-corrected chi connectivity index (χ4v) is 6.06. The third-order valence-electron chi connectivity index (χ3n) is 5.58. The molecule has 0 aromatic heterocycles. The van der Waals surface area contributed by atoms with E-state index in [2.05, 4.69) is 46.4 Å². The summed E-state index contributed by atoms with van der Waals surface area (Å²) in [7, 11) is -3.41. The summed E-state index contributed by atoms with van der Waals surface area (Å²) in [6.07, 6.45) is 13.3. The van der Waals surface area contributed by atoms with E-state index in [1.54, 1.807) is 6.08 Å². The zero-order valence-electron chi connectivity index (χ0n) is 15.3. The van der Waals surface area contributed by atoms with Crippen molar-refractivity contribution in [2.45, 2.75) is 51.5 Å². The van der Waals surface area contributed by atoms with Crippen molar-refractivity contribution in [3.63, 3.8) is 0 Å². The van der Waals surface area contributed by atoms with Crippen LogP contribution in [0, 0.1) is 21.3 Å². The average Bonchev–Trinajstić information content (AvgIpc) is 3.16. The molecule has 0 aliphatic heterocycles. The summed E-state index contributed by atoms with van der Waals surface area (Å²) < 4.78 is 29.1. The van der Waals surface area contributed by atoms with Crippen molar-refractivity contribution in [3.05, 3.63) is 51.0 Å². The zero-order chi connectivity index (χ0) is 18.6. The van der Waals surface area contributed by atoms with Gasteiger partial charge in [-0.25, -0.2) is 13.1 Å². The second kappa shape index (κ2) is 9.02. The summed E-state index contributed by atoms with van der Waals surface area (Å²) >= 11 is 2.23. The maximum absolute atomic E-state index is 12.5. The predicted octanol–water partition coefficient (Wildman–Crippen LogP) is 5.34. The zero-order valence-corrected chi connectivity index (χ0v) is 18.2. The van der Waals surface area contributed by atoms with Gasteiger partial charge in [0.15, 0.2) is 0 Å². The number of allylic oxidation sites excluding steroid dienone is 2. The van der Waals surface area contributed by atoms with Gasteiger partial charge in [0.2, 0.25) is 10.0 Å². The Hall–Kier alpha value is -0.660. The second-order valence-electron chi connectivity index (χ2n) is 7.60. The van der Waals surface area contributed by atoms with Gasteiger partial charge in [-0.2, -0.15) is 0 Å². The first-order valence-corrected chi connectivity index (χ1v) is 12.2. The molecule has 3 rings (SSSR count). The fraction of sp³-hybridized carbons (Fsp3) is 0.524. The standard InChI is InChI=1S/C21H28INO2S/c1-2-3-4-5-8-18-12-17-14-20(18)21(15-17)23-26(24,25)11-10-16-7-6-9-19(22)13-16/h5-11,13,17-18,20-21,23H,2-4,12,14-15H2,1H3. The van der Waals surface area contributed by atoms with Gasteiger partial charge in [0, 0.05) is 15.0 Å². The minimum Gasteiger partial charge on any atom is -0.208 e. The monoisotopic (exact) mass is 485 g/mol. The molecular weight excluding hydrogens is 457 g/mol. The first kappa shape index (κ1) is 20.1. The number of rotatable bonds is 8. The summed E-state index contributed by atoms with van der Waals surface area (Å²) in [5, 5.41) is 1.32. The number of hydrogen-bond acceptors (Lipinski definition) is 2. The highest BCUT2D eigenvalue weighted by Crippen LogP contribution is 2.49. The maximum atomic E-state index is 12.5. The van der Waals surface area contributed by atoms with Crippen LogP contribution in [-0.4, -0.2) is 14.5 Å². The van der Waals surface area contributed by atoms with E-state index in [9.17, 15) is 8.42 Å². The van der Waals surface area contributed by atoms with Crippen LogP contribution < -0.4 is 4.72 Å². The fourth-order valence-electron chi connectivity index (χ4n) is 4.38. The van der Waals surface area contributed by atoms with Crippen molar-refractivity contribution in [2.24, 2.45) is 17.8 Å². The summed E-state index contributed by atoms with van der Waals surface area (Å²) in [5.41, 5.74) is 0.909. The number of hydrogen-bond donors (Lipinski definition) is 1. The molecule has 3 nitrogen and oxygen atoms in total. The number of halogens is 1. The van der Waals surface area contributed by atoms with Crippen LogP contribution in [-0.2, 0) is 10.0 Å². The molecule has 0 amide bonds. The molecule has 2 fully saturated rings. The van der Waals surface area contributed by atoms with E-state index in [-0.39, 0.29) is 6.04 Å². The number of unbranched alkanes of at least 4 members (excludes halogenated alkanes) is 2. The number of sulfonamides is 1. The minimum absolute atomic E-state index is 0.0835. The average molecular weight is 485 g/mol. The van der Waals surface area contributed by atoms with Gasteiger partial charge in [-0.15, -0.1) is 0 Å². The Morgan fingerprint density at radius 1 is 1.27 bits per heavy atom. The minimum atomic E-state index is -3.41. The molecule has 4 atom stereocenters. The second-order valence-corrected chi connectivity index (χ2v) is 10.4. The lowest BCUT2D eigenvalue weighted by Gasteiger charge is -2.27. The molecule has 1 aromatic rings. The van der Waals surface area contributed by atoms with E-state index in [0.29, 0.717) is 17.8 Å². The van der Waals surface area contributed by atoms with E-state index in [4.69, 9.17) is 0 Å². The lowest BCUT2D eigenvalue weighted by molar-refractivity contribution is 0.327. The highest BCUT2D eigenvalue weighted by Gasteiger charge is 2.46. The summed E-state index contributed by atoms with van der Waals surface area (Å²) in [6, 6.07) is 7.91. The molecule has 0 heterocycles. The molecule has 2 aliphatic rings. The Labute approximate surface area is 171 Å². The molecule has 2 aliphatic carbocycles. The van der Waals surface area contributed by atoms with Crippen LogP contribution in [0.5, 0.6) is 0 Å². The van der Waals surface area contributed by atoms with E-state index >= 15 is 0 Å². The van der Waals surface area contributed by atoms with E-state index in [1.807, 2.05) is 24.3 Å². The van der Waals surface area contributed by atoms with Crippen molar-refractivity contribution in [2.75, 3.05) is 0 Å². The van der Waals surface area contributed by atoms with Crippen molar-refractivity contribution >= 4 is 38.7 Å². The molecule has 1 N–H and O–H groups in total. The Balaban J connectivity index is 1.60. The largest absolute Gasteiger partial charge is 0.233 e. The van der Waals surface area contributed by atoms with Gasteiger partial charge in [-0.3, -0.25) is 0 Å². The summed E-state index contributed by atoms with van der Waals surface area (Å²) in [6.45, 7) is 2.21. The smallest absolute Gasteiger partial charge is 0.208 e. The lowest BCUT2D eigenvalue weighted by Crippen LogP contribution is -2.40. The van der Waals surface area contributed by atoms with Gasteiger partial charge in [0.25, 0.3) is 0 Å². The van der Waals surface area contributed by atoms with Crippen molar-refractivity contribution < 1.29 is 8.42 Å². The van der Waals surface area contributed by atoms with Crippen molar-refractivity contribution in [1.29, 1.82) is 0 Å². The van der Waals surface area contributed by atoms with Crippen molar-refractivity contribution in [1.82, 2.24) is 4.72 Å². The highest BCUT2D eigenvalue weighted by atomic mass is 127. The third kappa shape index (κ3) is 5.42. The molecule has 0 radical (unpaired) electrons. The predicted molar refractivity (Wildman–Crippen MR) is 117 cm³/mol. The van der Waals surface area contributed by atoms with Crippen LogP contribution in [0.25, 0.3) is 6.08 Å². The molecule has 0 spiro atoms. The van der Waals surface area contributed by atoms with Crippen LogP contribution in [0.4, 0.5) is 0 Å². The molecule has 2 bridgehead atoms. The molecule has 0 saturated heterocycles. The van der Waals surface area contributed by atoms with Crippen LogP contribution >= 0.6 is 22.6 Å². The van der Waals surface area contributed by atoms with Gasteiger partial charge in [0.05, 0.1) is 0 Å². The van der Waals surface area contributed by atoms with Crippen LogP contribution in [0.15, 0.2) is 41.8 Å². The first-order valence-electron chi connectivity index (χ1n) is 9.59. The van der Waals surface area contributed by atoms with Crippen LogP contribution in [0.3, 0.4) is 0 Å².